The Hall–Kier alpha value is -1.33. The lowest BCUT2D eigenvalue weighted by Gasteiger charge is -2.11. The van der Waals surface area contributed by atoms with E-state index >= 15 is 0 Å². The third kappa shape index (κ3) is 2.73. The normalized spacial score (nSPS) is 10.1. The summed E-state index contributed by atoms with van der Waals surface area (Å²) in [4.78, 5) is 11.1. The quantitative estimate of drug-likeness (QED) is 0.826. The van der Waals surface area contributed by atoms with Gasteiger partial charge in [-0.05, 0) is 56.1 Å². The lowest BCUT2D eigenvalue weighted by atomic mass is 10.1. The van der Waals surface area contributed by atoms with Gasteiger partial charge in [0.1, 0.15) is 0 Å². The van der Waals surface area contributed by atoms with Crippen molar-refractivity contribution in [2.24, 2.45) is 0 Å². The number of benzene rings is 2. The molecule has 0 aliphatic heterocycles. The van der Waals surface area contributed by atoms with Crippen LogP contribution < -0.4 is 5.32 Å². The number of halogens is 2. The van der Waals surface area contributed by atoms with Crippen LogP contribution in [0.5, 0.6) is 0 Å². The van der Waals surface area contributed by atoms with Gasteiger partial charge in [0.2, 0.25) is 0 Å². The van der Waals surface area contributed by atoms with Crippen LogP contribution in [0.4, 0.5) is 11.4 Å². The monoisotopic (exact) mass is 369 g/mol. The Morgan fingerprint density at radius 1 is 1.00 bits per heavy atom. The van der Waals surface area contributed by atoms with Crippen LogP contribution in [0.15, 0.2) is 51.4 Å². The molecule has 0 aliphatic rings. The summed E-state index contributed by atoms with van der Waals surface area (Å²) in [5, 5.41) is 12.2. The van der Waals surface area contributed by atoms with E-state index in [1.165, 1.54) is 0 Å². The van der Waals surface area contributed by atoms with Gasteiger partial charge >= 0.3 is 5.97 Å². The molecule has 2 aromatic rings. The van der Waals surface area contributed by atoms with Crippen molar-refractivity contribution in [3.63, 3.8) is 0 Å². The number of aromatic carboxylic acids is 1. The van der Waals surface area contributed by atoms with E-state index in [1.807, 2.05) is 18.2 Å². The summed E-state index contributed by atoms with van der Waals surface area (Å²) >= 11 is 6.85. The first-order valence-electron chi connectivity index (χ1n) is 5.13. The molecular formula is C13H9Br2NO2. The maximum absolute atomic E-state index is 11.1. The molecule has 0 bridgehead atoms. The number of carbonyl (C=O) groups is 1. The molecule has 2 aromatic carbocycles. The van der Waals surface area contributed by atoms with E-state index in [-0.39, 0.29) is 5.56 Å². The second-order valence-electron chi connectivity index (χ2n) is 3.58. The Bertz CT molecular complexity index is 599. The minimum Gasteiger partial charge on any atom is -0.478 e. The molecule has 0 heterocycles. The topological polar surface area (TPSA) is 49.3 Å². The summed E-state index contributed by atoms with van der Waals surface area (Å²) in [6.07, 6.45) is 0. The highest BCUT2D eigenvalue weighted by atomic mass is 79.9. The van der Waals surface area contributed by atoms with E-state index in [4.69, 9.17) is 5.11 Å². The lowest BCUT2D eigenvalue weighted by Crippen LogP contribution is -2.02. The van der Waals surface area contributed by atoms with Gasteiger partial charge in [0, 0.05) is 4.47 Å². The SMILES string of the molecule is O=C(O)c1ccccc1Nc1cccc(Br)c1Br. The number of carboxylic acids is 1. The molecule has 0 spiro atoms. The smallest absolute Gasteiger partial charge is 0.337 e. The Morgan fingerprint density at radius 3 is 2.39 bits per heavy atom. The summed E-state index contributed by atoms with van der Waals surface area (Å²) in [6, 6.07) is 12.4. The van der Waals surface area contributed by atoms with E-state index < -0.39 is 5.97 Å². The number of nitrogens with one attached hydrogen (secondary N) is 1. The summed E-state index contributed by atoms with van der Waals surface area (Å²) in [6.45, 7) is 0. The molecule has 92 valence electrons. The third-order valence-electron chi connectivity index (χ3n) is 2.38. The van der Waals surface area contributed by atoms with Gasteiger partial charge in [-0.1, -0.05) is 18.2 Å². The Balaban J connectivity index is 2.40. The fraction of sp³-hybridized carbons (Fsp3) is 0. The number of rotatable bonds is 3. The maximum atomic E-state index is 11.1. The predicted octanol–water partition coefficient (Wildman–Crippen LogP) is 4.65. The second kappa shape index (κ2) is 5.54. The molecule has 0 atom stereocenters. The summed E-state index contributed by atoms with van der Waals surface area (Å²) in [5.74, 6) is -0.954. The Morgan fingerprint density at radius 2 is 1.67 bits per heavy atom. The van der Waals surface area contributed by atoms with Crippen LogP contribution in [0.25, 0.3) is 0 Å². The number of carboxylic acid groups (broad SMARTS) is 1. The van der Waals surface area contributed by atoms with Gasteiger partial charge in [0.25, 0.3) is 0 Å². The first-order chi connectivity index (χ1) is 8.59. The van der Waals surface area contributed by atoms with Gasteiger partial charge in [-0.2, -0.15) is 0 Å². The number of hydrogen-bond donors (Lipinski definition) is 2. The first kappa shape index (κ1) is 13.1. The third-order valence-corrected chi connectivity index (χ3v) is 4.43. The molecule has 0 fully saturated rings. The van der Waals surface area contributed by atoms with Crippen LogP contribution in [0.1, 0.15) is 10.4 Å². The van der Waals surface area contributed by atoms with Crippen molar-refractivity contribution in [1.82, 2.24) is 0 Å². The minimum absolute atomic E-state index is 0.240. The fourth-order valence-electron chi connectivity index (χ4n) is 1.52. The van der Waals surface area contributed by atoms with Gasteiger partial charge in [0.05, 0.1) is 21.4 Å². The average Bonchev–Trinajstić information content (AvgIpc) is 2.35. The molecule has 5 heteroatoms. The van der Waals surface area contributed by atoms with E-state index in [1.54, 1.807) is 24.3 Å². The Kier molecular flexibility index (Phi) is 4.04. The molecule has 18 heavy (non-hydrogen) atoms. The maximum Gasteiger partial charge on any atom is 0.337 e. The number of hydrogen-bond acceptors (Lipinski definition) is 2. The predicted molar refractivity (Wildman–Crippen MR) is 78.5 cm³/mol. The van der Waals surface area contributed by atoms with Crippen LogP contribution >= 0.6 is 31.9 Å². The van der Waals surface area contributed by atoms with E-state index in [0.717, 1.165) is 14.6 Å². The highest BCUT2D eigenvalue weighted by molar-refractivity contribution is 9.13. The molecule has 0 aromatic heterocycles. The zero-order valence-electron chi connectivity index (χ0n) is 9.15. The molecule has 0 saturated carbocycles. The molecule has 0 aliphatic carbocycles. The van der Waals surface area contributed by atoms with Crippen LogP contribution in [0.2, 0.25) is 0 Å². The molecule has 0 radical (unpaired) electrons. The molecule has 0 saturated heterocycles. The van der Waals surface area contributed by atoms with E-state index in [9.17, 15) is 4.79 Å². The van der Waals surface area contributed by atoms with Crippen molar-refractivity contribution in [2.75, 3.05) is 5.32 Å². The second-order valence-corrected chi connectivity index (χ2v) is 5.22. The molecule has 3 nitrogen and oxygen atoms in total. The zero-order chi connectivity index (χ0) is 13.1. The van der Waals surface area contributed by atoms with Crippen molar-refractivity contribution in [3.8, 4) is 0 Å². The molecule has 2 N–H and O–H groups in total. The summed E-state index contributed by atoms with van der Waals surface area (Å²) in [7, 11) is 0. The summed E-state index contributed by atoms with van der Waals surface area (Å²) < 4.78 is 1.76. The van der Waals surface area contributed by atoms with E-state index in [2.05, 4.69) is 37.2 Å². The molecule has 2 rings (SSSR count). The zero-order valence-corrected chi connectivity index (χ0v) is 12.3. The molecule has 0 unspecified atom stereocenters. The molecule has 0 amide bonds. The van der Waals surface area contributed by atoms with Crippen molar-refractivity contribution in [3.05, 3.63) is 57.0 Å². The van der Waals surface area contributed by atoms with Crippen molar-refractivity contribution < 1.29 is 9.90 Å². The summed E-state index contributed by atoms with van der Waals surface area (Å²) in [5.41, 5.74) is 1.60. The van der Waals surface area contributed by atoms with Crippen LogP contribution in [-0.4, -0.2) is 11.1 Å². The first-order valence-corrected chi connectivity index (χ1v) is 6.71. The lowest BCUT2D eigenvalue weighted by molar-refractivity contribution is 0.0698. The van der Waals surface area contributed by atoms with Crippen molar-refractivity contribution in [2.45, 2.75) is 0 Å². The standard InChI is InChI=1S/C13H9Br2NO2/c14-9-5-3-7-11(12(9)15)16-10-6-2-1-4-8(10)13(17)18/h1-7,16H,(H,17,18). The van der Waals surface area contributed by atoms with Gasteiger partial charge in [-0.25, -0.2) is 4.79 Å². The van der Waals surface area contributed by atoms with Gasteiger partial charge < -0.3 is 10.4 Å². The van der Waals surface area contributed by atoms with E-state index in [0.29, 0.717) is 5.69 Å². The number of anilines is 2. The fourth-order valence-corrected chi connectivity index (χ4v) is 2.25. The minimum atomic E-state index is -0.954. The molecular weight excluding hydrogens is 362 g/mol. The van der Waals surface area contributed by atoms with Gasteiger partial charge in [-0.3, -0.25) is 0 Å². The highest BCUT2D eigenvalue weighted by Crippen LogP contribution is 2.33. The van der Waals surface area contributed by atoms with Crippen LogP contribution in [-0.2, 0) is 0 Å². The average molecular weight is 371 g/mol. The van der Waals surface area contributed by atoms with Gasteiger partial charge in [0.15, 0.2) is 0 Å². The van der Waals surface area contributed by atoms with Crippen molar-refractivity contribution >= 4 is 49.2 Å². The highest BCUT2D eigenvalue weighted by Gasteiger charge is 2.10. The largest absolute Gasteiger partial charge is 0.478 e. The van der Waals surface area contributed by atoms with Crippen molar-refractivity contribution in [1.29, 1.82) is 0 Å². The van der Waals surface area contributed by atoms with Crippen LogP contribution in [0.3, 0.4) is 0 Å². The van der Waals surface area contributed by atoms with Gasteiger partial charge in [-0.15, -0.1) is 0 Å². The Labute approximate surface area is 121 Å². The van der Waals surface area contributed by atoms with Crippen LogP contribution in [0, 0.1) is 0 Å². The number of para-hydroxylation sites is 1.